The second-order valence-electron chi connectivity index (χ2n) is 4.92. The first-order valence-electron chi connectivity index (χ1n) is 6.70. The fraction of sp³-hybridized carbons (Fsp3) is 0.286. The quantitative estimate of drug-likeness (QED) is 0.730. The van der Waals surface area contributed by atoms with E-state index < -0.39 is 5.91 Å². The molecule has 7 nitrogen and oxygen atoms in total. The van der Waals surface area contributed by atoms with E-state index in [2.05, 4.69) is 15.3 Å². The van der Waals surface area contributed by atoms with E-state index in [0.717, 1.165) is 9.90 Å². The lowest BCUT2D eigenvalue weighted by molar-refractivity contribution is 0.102. The van der Waals surface area contributed by atoms with Crippen molar-refractivity contribution in [3.05, 3.63) is 33.7 Å². The van der Waals surface area contributed by atoms with Crippen molar-refractivity contribution in [3.63, 3.8) is 0 Å². The molecular formula is C14H14N4O3S2. The van der Waals surface area contributed by atoms with Crippen LogP contribution in [0.15, 0.2) is 19.7 Å². The predicted octanol–water partition coefficient (Wildman–Crippen LogP) is 2.57. The number of anilines is 1. The van der Waals surface area contributed by atoms with Gasteiger partial charge in [0.2, 0.25) is 5.71 Å². The van der Waals surface area contributed by atoms with Crippen LogP contribution in [0.1, 0.15) is 21.8 Å². The zero-order valence-corrected chi connectivity index (χ0v) is 14.6. The van der Waals surface area contributed by atoms with E-state index in [4.69, 9.17) is 4.42 Å². The molecule has 3 rings (SSSR count). The van der Waals surface area contributed by atoms with Crippen molar-refractivity contribution in [1.29, 1.82) is 0 Å². The molecular weight excluding hydrogens is 336 g/mol. The lowest BCUT2D eigenvalue weighted by atomic mass is 10.2. The highest BCUT2D eigenvalue weighted by Gasteiger charge is 2.23. The molecule has 3 aromatic heterocycles. The van der Waals surface area contributed by atoms with Crippen LogP contribution in [0.4, 0.5) is 5.13 Å². The molecule has 0 atom stereocenters. The number of aromatic nitrogens is 3. The van der Waals surface area contributed by atoms with Gasteiger partial charge in [0.1, 0.15) is 17.5 Å². The Labute approximate surface area is 139 Å². The average Bonchev–Trinajstić information content (AvgIpc) is 3.02. The van der Waals surface area contributed by atoms with Crippen molar-refractivity contribution >= 4 is 45.2 Å². The normalized spacial score (nSPS) is 11.1. The largest absolute Gasteiger partial charge is 0.442 e. The molecule has 0 saturated heterocycles. The maximum absolute atomic E-state index is 12.6. The van der Waals surface area contributed by atoms with E-state index >= 15 is 0 Å². The minimum atomic E-state index is -0.423. The first kappa shape index (κ1) is 15.8. The summed E-state index contributed by atoms with van der Waals surface area (Å²) in [7, 11) is 1.58. The van der Waals surface area contributed by atoms with E-state index in [-0.39, 0.29) is 22.2 Å². The van der Waals surface area contributed by atoms with Gasteiger partial charge in [0, 0.05) is 7.05 Å². The number of furan rings is 1. The molecule has 120 valence electrons. The zero-order chi connectivity index (χ0) is 16.7. The summed E-state index contributed by atoms with van der Waals surface area (Å²) in [5.41, 5.74) is 0.907. The smallest absolute Gasteiger partial charge is 0.265 e. The molecule has 1 amide bonds. The molecule has 0 spiro atoms. The summed E-state index contributed by atoms with van der Waals surface area (Å²) < 4.78 is 7.78. The number of carbonyl (C=O) groups is 1. The van der Waals surface area contributed by atoms with Gasteiger partial charge in [-0.05, 0) is 20.1 Å². The van der Waals surface area contributed by atoms with Crippen molar-refractivity contribution in [2.24, 2.45) is 7.05 Å². The fourth-order valence-corrected chi connectivity index (χ4v) is 3.85. The molecule has 1 N–H and O–H groups in total. The van der Waals surface area contributed by atoms with Crippen LogP contribution in [0.3, 0.4) is 0 Å². The average molecular weight is 350 g/mol. The van der Waals surface area contributed by atoms with Gasteiger partial charge in [-0.3, -0.25) is 14.9 Å². The molecule has 0 bridgehead atoms. The van der Waals surface area contributed by atoms with Crippen LogP contribution in [0.25, 0.3) is 11.1 Å². The molecule has 0 aliphatic heterocycles. The van der Waals surface area contributed by atoms with Gasteiger partial charge in [-0.15, -0.1) is 11.8 Å². The van der Waals surface area contributed by atoms with Gasteiger partial charge in [0.25, 0.3) is 11.5 Å². The zero-order valence-electron chi connectivity index (χ0n) is 13.0. The number of amides is 1. The number of nitrogens with zero attached hydrogens (tertiary/aromatic N) is 3. The van der Waals surface area contributed by atoms with Crippen LogP contribution in [0.2, 0.25) is 0 Å². The number of rotatable bonds is 3. The SMILES string of the molecule is CSc1sc(NC(=O)c2c(C)oc3ncn(C)c(=O)c23)nc1C. The van der Waals surface area contributed by atoms with Crippen molar-refractivity contribution in [2.75, 3.05) is 11.6 Å². The second-order valence-corrected chi connectivity index (χ2v) is 7.00. The van der Waals surface area contributed by atoms with Crippen LogP contribution in [-0.2, 0) is 7.05 Å². The molecule has 3 heterocycles. The highest BCUT2D eigenvalue weighted by Crippen LogP contribution is 2.31. The highest BCUT2D eigenvalue weighted by atomic mass is 32.2. The molecule has 23 heavy (non-hydrogen) atoms. The number of nitrogens with one attached hydrogen (secondary N) is 1. The fourth-order valence-electron chi connectivity index (χ4n) is 2.25. The van der Waals surface area contributed by atoms with E-state index in [1.807, 2.05) is 13.2 Å². The molecule has 0 aliphatic rings. The predicted molar refractivity (Wildman–Crippen MR) is 90.6 cm³/mol. The number of thioether (sulfide) groups is 1. The lowest BCUT2D eigenvalue weighted by Crippen LogP contribution is -2.20. The molecule has 9 heteroatoms. The van der Waals surface area contributed by atoms with E-state index in [1.54, 1.807) is 25.7 Å². The van der Waals surface area contributed by atoms with Crippen LogP contribution in [-0.4, -0.2) is 26.7 Å². The molecule has 0 fully saturated rings. The summed E-state index contributed by atoms with van der Waals surface area (Å²) in [5, 5.41) is 3.41. The van der Waals surface area contributed by atoms with Crippen molar-refractivity contribution in [2.45, 2.75) is 18.1 Å². The Bertz CT molecular complexity index is 970. The van der Waals surface area contributed by atoms with Crippen LogP contribution >= 0.6 is 23.1 Å². The van der Waals surface area contributed by atoms with E-state index in [0.29, 0.717) is 10.9 Å². The third-order valence-corrected chi connectivity index (χ3v) is 5.62. The van der Waals surface area contributed by atoms with Gasteiger partial charge in [-0.25, -0.2) is 9.97 Å². The molecule has 0 aliphatic carbocycles. The maximum atomic E-state index is 12.6. The van der Waals surface area contributed by atoms with Gasteiger partial charge < -0.3 is 8.98 Å². The molecule has 0 saturated carbocycles. The summed E-state index contributed by atoms with van der Waals surface area (Å²) >= 11 is 2.97. The maximum Gasteiger partial charge on any atom is 0.265 e. The molecule has 3 aromatic rings. The monoisotopic (exact) mass is 350 g/mol. The van der Waals surface area contributed by atoms with Gasteiger partial charge in [0.15, 0.2) is 5.13 Å². The Balaban J connectivity index is 2.05. The van der Waals surface area contributed by atoms with Gasteiger partial charge >= 0.3 is 0 Å². The van der Waals surface area contributed by atoms with Gasteiger partial charge in [-0.1, -0.05) is 11.3 Å². The number of hydrogen-bond donors (Lipinski definition) is 1. The third kappa shape index (κ3) is 2.66. The van der Waals surface area contributed by atoms with Crippen LogP contribution in [0, 0.1) is 13.8 Å². The Morgan fingerprint density at radius 1 is 1.43 bits per heavy atom. The number of hydrogen-bond acceptors (Lipinski definition) is 7. The van der Waals surface area contributed by atoms with Gasteiger partial charge in [0.05, 0.1) is 15.5 Å². The Morgan fingerprint density at radius 3 is 2.83 bits per heavy atom. The van der Waals surface area contributed by atoms with Gasteiger partial charge in [-0.2, -0.15) is 0 Å². The number of aryl methyl sites for hydroxylation is 3. The summed E-state index contributed by atoms with van der Waals surface area (Å²) in [6, 6.07) is 0. The Morgan fingerprint density at radius 2 is 2.17 bits per heavy atom. The van der Waals surface area contributed by atoms with E-state index in [9.17, 15) is 9.59 Å². The standard InChI is InChI=1S/C14H14N4O3S2/c1-6-13(22-4)23-14(16-6)17-10(19)8-7(2)21-11-9(8)12(20)18(3)5-15-11/h5H,1-4H3,(H,16,17,19). The first-order valence-corrected chi connectivity index (χ1v) is 8.74. The topological polar surface area (TPSA) is 90.0 Å². The van der Waals surface area contributed by atoms with Crippen molar-refractivity contribution in [1.82, 2.24) is 14.5 Å². The van der Waals surface area contributed by atoms with Crippen LogP contribution < -0.4 is 10.9 Å². The Hall–Kier alpha value is -2.13. The Kier molecular flexibility index (Phi) is 3.99. The molecule has 0 radical (unpaired) electrons. The minimum Gasteiger partial charge on any atom is -0.442 e. The second kappa shape index (κ2) is 5.82. The number of thiazole rings is 1. The summed E-state index contributed by atoms with van der Waals surface area (Å²) in [6.45, 7) is 3.52. The molecule has 0 unspecified atom stereocenters. The number of fused-ring (bicyclic) bond motifs is 1. The summed E-state index contributed by atoms with van der Waals surface area (Å²) in [6.07, 6.45) is 3.32. The molecule has 0 aromatic carbocycles. The summed E-state index contributed by atoms with van der Waals surface area (Å²) in [4.78, 5) is 33.2. The lowest BCUT2D eigenvalue weighted by Gasteiger charge is -2.01. The van der Waals surface area contributed by atoms with Crippen molar-refractivity contribution < 1.29 is 9.21 Å². The first-order chi connectivity index (χ1) is 10.9. The minimum absolute atomic E-state index is 0.163. The van der Waals surface area contributed by atoms with E-state index in [1.165, 1.54) is 22.2 Å². The van der Waals surface area contributed by atoms with Crippen LogP contribution in [0.5, 0.6) is 0 Å². The summed E-state index contributed by atoms with van der Waals surface area (Å²) in [5.74, 6) is -0.0700. The van der Waals surface area contributed by atoms with Crippen molar-refractivity contribution in [3.8, 4) is 0 Å². The third-order valence-electron chi connectivity index (χ3n) is 3.34. The number of carbonyl (C=O) groups excluding carboxylic acids is 1. The highest BCUT2D eigenvalue weighted by molar-refractivity contribution is 8.00.